The van der Waals surface area contributed by atoms with Gasteiger partial charge in [-0.25, -0.2) is 8.42 Å². The van der Waals surface area contributed by atoms with Crippen molar-refractivity contribution in [1.29, 1.82) is 0 Å². The summed E-state index contributed by atoms with van der Waals surface area (Å²) in [5, 5.41) is 0. The summed E-state index contributed by atoms with van der Waals surface area (Å²) in [6.07, 6.45) is 2.70. The summed E-state index contributed by atoms with van der Waals surface area (Å²) >= 11 is 0. The molecule has 0 unspecified atom stereocenters. The van der Waals surface area contributed by atoms with E-state index in [2.05, 4.69) is 18.7 Å². The third-order valence-corrected chi connectivity index (χ3v) is 6.64. The van der Waals surface area contributed by atoms with Crippen LogP contribution in [0.5, 0.6) is 0 Å². The Labute approximate surface area is 134 Å². The molecule has 1 saturated carbocycles. The first-order valence-electron chi connectivity index (χ1n) is 8.29. The van der Waals surface area contributed by atoms with Crippen molar-refractivity contribution in [3.63, 3.8) is 0 Å². The minimum atomic E-state index is -3.33. The van der Waals surface area contributed by atoms with Gasteiger partial charge in [0.1, 0.15) is 0 Å². The van der Waals surface area contributed by atoms with Gasteiger partial charge in [0, 0.05) is 32.7 Å². The van der Waals surface area contributed by atoms with E-state index in [1.54, 1.807) is 16.4 Å². The van der Waals surface area contributed by atoms with Gasteiger partial charge in [0.05, 0.1) is 4.90 Å². The Morgan fingerprint density at radius 1 is 1.05 bits per heavy atom. The Hall–Kier alpha value is -0.910. The molecule has 1 heterocycles. The molecule has 4 nitrogen and oxygen atoms in total. The lowest BCUT2D eigenvalue weighted by atomic mass is 10.0. The Balaban J connectivity index is 1.65. The maximum absolute atomic E-state index is 12.7. The molecule has 2 fully saturated rings. The third-order valence-electron chi connectivity index (χ3n) is 4.73. The van der Waals surface area contributed by atoms with Crippen LogP contribution >= 0.6 is 0 Å². The van der Waals surface area contributed by atoms with Crippen LogP contribution in [0.1, 0.15) is 38.2 Å². The Morgan fingerprint density at radius 3 is 2.14 bits per heavy atom. The predicted molar refractivity (Wildman–Crippen MR) is 88.5 cm³/mol. The van der Waals surface area contributed by atoms with Crippen molar-refractivity contribution in [2.75, 3.05) is 32.7 Å². The Bertz CT molecular complexity index is 598. The van der Waals surface area contributed by atoms with Gasteiger partial charge in [-0.1, -0.05) is 26.0 Å². The van der Waals surface area contributed by atoms with Gasteiger partial charge in [-0.15, -0.1) is 0 Å². The molecule has 0 aromatic heterocycles. The summed E-state index contributed by atoms with van der Waals surface area (Å²) in [5.41, 5.74) is 1.17. The Kier molecular flexibility index (Phi) is 4.57. The molecule has 0 amide bonds. The molecular formula is C17H26N2O2S. The van der Waals surface area contributed by atoms with E-state index in [0.717, 1.165) is 25.6 Å². The van der Waals surface area contributed by atoms with E-state index < -0.39 is 10.0 Å². The van der Waals surface area contributed by atoms with Crippen LogP contribution in [-0.2, 0) is 10.0 Å². The molecule has 5 heteroatoms. The summed E-state index contributed by atoms with van der Waals surface area (Å²) in [5.74, 6) is 1.29. The summed E-state index contributed by atoms with van der Waals surface area (Å²) in [6.45, 7) is 8.32. The molecule has 3 rings (SSSR count). The van der Waals surface area contributed by atoms with Gasteiger partial charge < -0.3 is 4.90 Å². The van der Waals surface area contributed by atoms with Crippen LogP contribution in [0.15, 0.2) is 29.2 Å². The zero-order valence-corrected chi connectivity index (χ0v) is 14.3. The number of piperazine rings is 1. The lowest BCUT2D eigenvalue weighted by molar-refractivity contribution is 0.182. The average molecular weight is 322 g/mol. The second kappa shape index (κ2) is 6.30. The SMILES string of the molecule is CC(C)c1ccc(S(=O)(=O)N2CCN(CC3CC3)CC2)cc1. The molecule has 0 bridgehead atoms. The number of hydrogen-bond donors (Lipinski definition) is 0. The number of sulfonamides is 1. The molecule has 1 aliphatic carbocycles. The fourth-order valence-electron chi connectivity index (χ4n) is 2.99. The monoisotopic (exact) mass is 322 g/mol. The highest BCUT2D eigenvalue weighted by molar-refractivity contribution is 7.89. The maximum atomic E-state index is 12.7. The van der Waals surface area contributed by atoms with Crippen molar-refractivity contribution in [2.45, 2.75) is 37.5 Å². The van der Waals surface area contributed by atoms with Crippen LogP contribution in [0, 0.1) is 5.92 Å². The first kappa shape index (κ1) is 16.0. The molecule has 0 spiro atoms. The standard InChI is InChI=1S/C17H26N2O2S/c1-14(2)16-5-7-17(8-6-16)22(20,21)19-11-9-18(10-12-19)13-15-3-4-15/h5-8,14-15H,3-4,9-13H2,1-2H3. The van der Waals surface area contributed by atoms with Gasteiger partial charge in [-0.05, 0) is 42.4 Å². The van der Waals surface area contributed by atoms with Gasteiger partial charge in [0.2, 0.25) is 10.0 Å². The van der Waals surface area contributed by atoms with E-state index >= 15 is 0 Å². The number of nitrogens with zero attached hydrogens (tertiary/aromatic N) is 2. The molecule has 0 N–H and O–H groups in total. The average Bonchev–Trinajstić information content (AvgIpc) is 3.32. The largest absolute Gasteiger partial charge is 0.300 e. The predicted octanol–water partition coefficient (Wildman–Crippen LogP) is 2.53. The van der Waals surface area contributed by atoms with Gasteiger partial charge in [0.25, 0.3) is 0 Å². The van der Waals surface area contributed by atoms with Gasteiger partial charge in [-0.2, -0.15) is 4.31 Å². The lowest BCUT2D eigenvalue weighted by Crippen LogP contribution is -2.49. The first-order chi connectivity index (χ1) is 10.5. The molecule has 22 heavy (non-hydrogen) atoms. The van der Waals surface area contributed by atoms with Crippen molar-refractivity contribution in [3.05, 3.63) is 29.8 Å². The maximum Gasteiger partial charge on any atom is 0.243 e. The summed E-state index contributed by atoms with van der Waals surface area (Å²) in [4.78, 5) is 2.83. The molecule has 122 valence electrons. The molecule has 1 aliphatic heterocycles. The highest BCUT2D eigenvalue weighted by atomic mass is 32.2. The summed E-state index contributed by atoms with van der Waals surface area (Å²) in [6, 6.07) is 7.37. The highest BCUT2D eigenvalue weighted by Gasteiger charge is 2.31. The van der Waals surface area contributed by atoms with Gasteiger partial charge in [-0.3, -0.25) is 0 Å². The van der Waals surface area contributed by atoms with Gasteiger partial charge in [0.15, 0.2) is 0 Å². The van der Waals surface area contributed by atoms with E-state index in [1.165, 1.54) is 18.4 Å². The van der Waals surface area contributed by atoms with Crippen molar-refractivity contribution in [3.8, 4) is 0 Å². The van der Waals surface area contributed by atoms with Crippen molar-refractivity contribution in [1.82, 2.24) is 9.21 Å². The lowest BCUT2D eigenvalue weighted by Gasteiger charge is -2.34. The highest BCUT2D eigenvalue weighted by Crippen LogP contribution is 2.30. The Morgan fingerprint density at radius 2 is 1.64 bits per heavy atom. The van der Waals surface area contributed by atoms with Crippen LogP contribution in [-0.4, -0.2) is 50.3 Å². The molecule has 0 radical (unpaired) electrons. The molecule has 1 aromatic rings. The number of benzene rings is 1. The van der Waals surface area contributed by atoms with Crippen molar-refractivity contribution < 1.29 is 8.42 Å². The zero-order valence-electron chi connectivity index (χ0n) is 13.5. The second-order valence-corrected chi connectivity index (χ2v) is 8.81. The molecular weight excluding hydrogens is 296 g/mol. The molecule has 1 saturated heterocycles. The van der Waals surface area contributed by atoms with E-state index in [9.17, 15) is 8.42 Å². The van der Waals surface area contributed by atoms with E-state index in [0.29, 0.717) is 23.9 Å². The first-order valence-corrected chi connectivity index (χ1v) is 9.73. The summed E-state index contributed by atoms with van der Waals surface area (Å²) < 4.78 is 27.1. The molecule has 1 aromatic carbocycles. The molecule has 2 aliphatic rings. The number of hydrogen-bond acceptors (Lipinski definition) is 3. The minimum absolute atomic E-state index is 0.419. The number of rotatable bonds is 5. The zero-order chi connectivity index (χ0) is 15.7. The fourth-order valence-corrected chi connectivity index (χ4v) is 4.41. The smallest absolute Gasteiger partial charge is 0.243 e. The van der Waals surface area contributed by atoms with Crippen molar-refractivity contribution in [2.24, 2.45) is 5.92 Å². The van der Waals surface area contributed by atoms with E-state index in [4.69, 9.17) is 0 Å². The topological polar surface area (TPSA) is 40.6 Å². The quantitative estimate of drug-likeness (QED) is 0.836. The minimum Gasteiger partial charge on any atom is -0.300 e. The fraction of sp³-hybridized carbons (Fsp3) is 0.647. The van der Waals surface area contributed by atoms with Crippen LogP contribution < -0.4 is 0 Å². The summed E-state index contributed by atoms with van der Waals surface area (Å²) in [7, 11) is -3.33. The molecule has 0 atom stereocenters. The van der Waals surface area contributed by atoms with E-state index in [-0.39, 0.29) is 0 Å². The van der Waals surface area contributed by atoms with Crippen LogP contribution in [0.4, 0.5) is 0 Å². The van der Waals surface area contributed by atoms with Crippen LogP contribution in [0.2, 0.25) is 0 Å². The second-order valence-electron chi connectivity index (χ2n) is 6.87. The normalized spacial score (nSPS) is 21.4. The van der Waals surface area contributed by atoms with Crippen molar-refractivity contribution >= 4 is 10.0 Å². The van der Waals surface area contributed by atoms with Gasteiger partial charge >= 0.3 is 0 Å². The van der Waals surface area contributed by atoms with Crippen LogP contribution in [0.25, 0.3) is 0 Å². The van der Waals surface area contributed by atoms with Crippen LogP contribution in [0.3, 0.4) is 0 Å². The van der Waals surface area contributed by atoms with E-state index in [1.807, 2.05) is 12.1 Å². The third kappa shape index (κ3) is 3.53.